The molecule has 38 heavy (non-hydrogen) atoms. The molecule has 4 N–H and O–H groups in total. The molecule has 4 aromatic rings. The molecule has 0 saturated carbocycles. The number of anilines is 1. The maximum absolute atomic E-state index is 13.5. The van der Waals surface area contributed by atoms with Crippen molar-refractivity contribution < 1.29 is 19.0 Å². The van der Waals surface area contributed by atoms with Gasteiger partial charge >= 0.3 is 0 Å². The van der Waals surface area contributed by atoms with Crippen molar-refractivity contribution in [1.82, 2.24) is 9.97 Å². The van der Waals surface area contributed by atoms with E-state index in [4.69, 9.17) is 20.4 Å². The number of rotatable bonds is 6. The summed E-state index contributed by atoms with van der Waals surface area (Å²) >= 11 is 1.26. The molecule has 0 aliphatic rings. The second-order valence-electron chi connectivity index (χ2n) is 7.41. The standard InChI is InChI=1S/C24H16FN5OS.C2H6O2.C2H6/c1-14-5-7-15(8-6-14)21-19(10-26)22(28)30-24(20(21)11-27)32-13-18-12-31-23(29-18)16-3-2-4-17(25)9-16;3-1-2-4;1-2/h2-9,12H,13H2,1H3,(H2,28,30);3-4H,1-2H2;1-2H3. The molecule has 0 radical (unpaired) electrons. The van der Waals surface area contributed by atoms with Gasteiger partial charge < -0.3 is 20.4 Å². The van der Waals surface area contributed by atoms with E-state index in [1.54, 1.807) is 12.1 Å². The second-order valence-corrected chi connectivity index (χ2v) is 8.37. The first-order valence-corrected chi connectivity index (χ1v) is 12.7. The molecule has 4 rings (SSSR count). The van der Waals surface area contributed by atoms with Crippen molar-refractivity contribution in [2.24, 2.45) is 0 Å². The lowest BCUT2D eigenvalue weighted by molar-refractivity contribution is 0.186. The first-order chi connectivity index (χ1) is 18.4. The van der Waals surface area contributed by atoms with Gasteiger partial charge in [0.15, 0.2) is 0 Å². The molecule has 0 unspecified atom stereocenters. The van der Waals surface area contributed by atoms with Crippen LogP contribution in [0, 0.1) is 35.4 Å². The number of thioether (sulfide) groups is 1. The van der Waals surface area contributed by atoms with Gasteiger partial charge in [-0.1, -0.05) is 61.5 Å². The van der Waals surface area contributed by atoms with Crippen molar-refractivity contribution in [1.29, 1.82) is 10.5 Å². The molecule has 2 aromatic heterocycles. The Kier molecular flexibility index (Phi) is 11.9. The fourth-order valence-corrected chi connectivity index (χ4v) is 4.05. The molecule has 0 bridgehead atoms. The molecule has 0 spiro atoms. The molecule has 0 saturated heterocycles. The summed E-state index contributed by atoms with van der Waals surface area (Å²) in [6, 6.07) is 17.7. The number of nitriles is 2. The molecule has 8 nitrogen and oxygen atoms in total. The van der Waals surface area contributed by atoms with Crippen molar-refractivity contribution >= 4 is 17.6 Å². The number of nitrogen functional groups attached to an aromatic ring is 1. The Morgan fingerprint density at radius 2 is 1.63 bits per heavy atom. The molecule has 196 valence electrons. The van der Waals surface area contributed by atoms with E-state index >= 15 is 0 Å². The molecule has 0 aliphatic carbocycles. The summed E-state index contributed by atoms with van der Waals surface area (Å²) in [5.74, 6) is 0.328. The SMILES string of the molecule is CC.Cc1ccc(-c2c(C#N)c(N)nc(SCc3coc(-c4cccc(F)c4)n3)c2C#N)cc1.OCCO. The van der Waals surface area contributed by atoms with Crippen LogP contribution in [0.3, 0.4) is 0 Å². The second kappa shape index (κ2) is 15.1. The Balaban J connectivity index is 0.000000773. The lowest BCUT2D eigenvalue weighted by atomic mass is 9.96. The van der Waals surface area contributed by atoms with E-state index in [1.165, 1.54) is 30.2 Å². The topological polar surface area (TPSA) is 153 Å². The fourth-order valence-electron chi connectivity index (χ4n) is 3.18. The molecule has 0 fully saturated rings. The van der Waals surface area contributed by atoms with E-state index in [0.717, 1.165) is 11.1 Å². The van der Waals surface area contributed by atoms with Crippen LogP contribution in [0.1, 0.15) is 36.2 Å². The smallest absolute Gasteiger partial charge is 0.226 e. The van der Waals surface area contributed by atoms with Crippen LogP contribution in [0.15, 0.2) is 64.2 Å². The average molecular weight is 534 g/mol. The summed E-state index contributed by atoms with van der Waals surface area (Å²) < 4.78 is 18.9. The summed E-state index contributed by atoms with van der Waals surface area (Å²) in [6.07, 6.45) is 1.48. The van der Waals surface area contributed by atoms with E-state index in [0.29, 0.717) is 33.5 Å². The van der Waals surface area contributed by atoms with E-state index in [-0.39, 0.29) is 36.0 Å². The summed E-state index contributed by atoms with van der Waals surface area (Å²) in [7, 11) is 0. The van der Waals surface area contributed by atoms with Gasteiger partial charge in [0.1, 0.15) is 40.6 Å². The number of aliphatic hydroxyl groups excluding tert-OH is 2. The fraction of sp³-hybridized carbons (Fsp3) is 0.214. The van der Waals surface area contributed by atoms with Gasteiger partial charge in [-0.2, -0.15) is 10.5 Å². The van der Waals surface area contributed by atoms with E-state index in [1.807, 2.05) is 45.0 Å². The summed E-state index contributed by atoms with van der Waals surface area (Å²) in [4.78, 5) is 8.69. The lowest BCUT2D eigenvalue weighted by Crippen LogP contribution is -2.03. The zero-order valence-electron chi connectivity index (χ0n) is 21.3. The predicted octanol–water partition coefficient (Wildman–Crippen LogP) is 5.47. The van der Waals surface area contributed by atoms with Gasteiger partial charge in [-0.15, -0.1) is 0 Å². The maximum Gasteiger partial charge on any atom is 0.226 e. The minimum absolute atomic E-state index is 0.0603. The highest BCUT2D eigenvalue weighted by Crippen LogP contribution is 2.36. The molecular weight excluding hydrogens is 505 g/mol. The number of aromatic nitrogens is 2. The Bertz CT molecular complexity index is 1420. The van der Waals surface area contributed by atoms with E-state index in [2.05, 4.69) is 22.1 Å². The highest BCUT2D eigenvalue weighted by atomic mass is 32.2. The van der Waals surface area contributed by atoms with Crippen LogP contribution in [0.4, 0.5) is 10.2 Å². The Hall–Kier alpha value is -4.22. The molecule has 2 heterocycles. The monoisotopic (exact) mass is 533 g/mol. The van der Waals surface area contributed by atoms with Crippen LogP contribution >= 0.6 is 11.8 Å². The van der Waals surface area contributed by atoms with Gasteiger partial charge in [-0.3, -0.25) is 0 Å². The minimum atomic E-state index is -0.379. The van der Waals surface area contributed by atoms with Crippen LogP contribution in [-0.2, 0) is 5.75 Å². The number of nitrogens with zero attached hydrogens (tertiary/aromatic N) is 4. The van der Waals surface area contributed by atoms with Crippen LogP contribution in [-0.4, -0.2) is 33.4 Å². The maximum atomic E-state index is 13.5. The van der Waals surface area contributed by atoms with Crippen molar-refractivity contribution in [2.75, 3.05) is 18.9 Å². The summed E-state index contributed by atoms with van der Waals surface area (Å²) in [6.45, 7) is 5.71. The molecular formula is C28H28FN5O3S. The van der Waals surface area contributed by atoms with Crippen LogP contribution in [0.5, 0.6) is 0 Å². The van der Waals surface area contributed by atoms with Gasteiger partial charge in [0.2, 0.25) is 5.89 Å². The Labute approximate surface area is 225 Å². The molecule has 10 heteroatoms. The van der Waals surface area contributed by atoms with Gasteiger partial charge in [-0.25, -0.2) is 14.4 Å². The lowest BCUT2D eigenvalue weighted by Gasteiger charge is -2.12. The van der Waals surface area contributed by atoms with Gasteiger partial charge in [0, 0.05) is 16.9 Å². The normalized spacial score (nSPS) is 9.79. The van der Waals surface area contributed by atoms with Crippen molar-refractivity contribution in [3.63, 3.8) is 0 Å². The van der Waals surface area contributed by atoms with Crippen molar-refractivity contribution in [3.8, 4) is 34.7 Å². The predicted molar refractivity (Wildman–Crippen MR) is 145 cm³/mol. The number of hydrogen-bond acceptors (Lipinski definition) is 9. The summed E-state index contributed by atoms with van der Waals surface area (Å²) in [5, 5.41) is 35.2. The van der Waals surface area contributed by atoms with Crippen LogP contribution < -0.4 is 5.73 Å². The highest BCUT2D eigenvalue weighted by molar-refractivity contribution is 7.98. The highest BCUT2D eigenvalue weighted by Gasteiger charge is 2.21. The molecule has 0 atom stereocenters. The van der Waals surface area contributed by atoms with Crippen molar-refractivity contribution in [3.05, 3.63) is 83.0 Å². The number of hydrogen-bond donors (Lipinski definition) is 3. The van der Waals surface area contributed by atoms with Crippen LogP contribution in [0.25, 0.3) is 22.6 Å². The third kappa shape index (κ3) is 7.64. The Morgan fingerprint density at radius 1 is 0.974 bits per heavy atom. The number of benzene rings is 2. The molecule has 0 amide bonds. The third-order valence-corrected chi connectivity index (χ3v) is 5.84. The number of nitrogens with two attached hydrogens (primary N) is 1. The van der Waals surface area contributed by atoms with Gasteiger partial charge in [-0.05, 0) is 30.7 Å². The van der Waals surface area contributed by atoms with Gasteiger partial charge in [0.25, 0.3) is 0 Å². The van der Waals surface area contributed by atoms with Crippen molar-refractivity contribution in [2.45, 2.75) is 31.6 Å². The Morgan fingerprint density at radius 3 is 2.21 bits per heavy atom. The van der Waals surface area contributed by atoms with E-state index < -0.39 is 0 Å². The molecule has 0 aliphatic heterocycles. The number of oxazole rings is 1. The number of aliphatic hydroxyl groups is 2. The molecule has 2 aromatic carbocycles. The number of aryl methyl sites for hydroxylation is 1. The van der Waals surface area contributed by atoms with Crippen LogP contribution in [0.2, 0.25) is 0 Å². The quantitative estimate of drug-likeness (QED) is 0.274. The minimum Gasteiger partial charge on any atom is -0.444 e. The van der Waals surface area contributed by atoms with E-state index in [9.17, 15) is 14.9 Å². The number of pyridine rings is 1. The number of halogens is 1. The third-order valence-electron chi connectivity index (χ3n) is 4.84. The first-order valence-electron chi connectivity index (χ1n) is 11.7. The average Bonchev–Trinajstić information content (AvgIpc) is 3.42. The zero-order valence-corrected chi connectivity index (χ0v) is 22.1. The zero-order chi connectivity index (χ0) is 28.1. The summed E-state index contributed by atoms with van der Waals surface area (Å²) in [5.41, 5.74) is 9.87. The van der Waals surface area contributed by atoms with Gasteiger partial charge in [0.05, 0.1) is 24.5 Å². The first kappa shape index (κ1) is 30.0. The largest absolute Gasteiger partial charge is 0.444 e.